The first-order valence-corrected chi connectivity index (χ1v) is 9.52. The van der Waals surface area contributed by atoms with Crippen LogP contribution in [0.3, 0.4) is 0 Å². The Balaban J connectivity index is 2.41. The summed E-state index contributed by atoms with van der Waals surface area (Å²) in [5, 5.41) is 0. The SMILES string of the molecule is Cc1cc(C(=O)N(C)Cc2ccccc2F)cc(S(=O)(=O)N(C)C)c1C. The Kier molecular flexibility index (Phi) is 5.83. The molecule has 0 heterocycles. The summed E-state index contributed by atoms with van der Waals surface area (Å²) in [5.41, 5.74) is 1.96. The van der Waals surface area contributed by atoms with Crippen LogP contribution in [-0.2, 0) is 16.6 Å². The molecule has 0 unspecified atom stereocenters. The Bertz CT molecular complexity index is 940. The van der Waals surface area contributed by atoms with Crippen molar-refractivity contribution < 1.29 is 17.6 Å². The second-order valence-electron chi connectivity index (χ2n) is 6.46. The van der Waals surface area contributed by atoms with E-state index in [9.17, 15) is 17.6 Å². The van der Waals surface area contributed by atoms with Crippen LogP contribution in [0.5, 0.6) is 0 Å². The fourth-order valence-electron chi connectivity index (χ4n) is 2.59. The summed E-state index contributed by atoms with van der Waals surface area (Å²) in [6, 6.07) is 9.28. The third-order valence-electron chi connectivity index (χ3n) is 4.34. The van der Waals surface area contributed by atoms with E-state index in [1.807, 2.05) is 0 Å². The molecule has 0 atom stereocenters. The third kappa shape index (κ3) is 3.94. The highest BCUT2D eigenvalue weighted by Crippen LogP contribution is 2.24. The number of carbonyl (C=O) groups excluding carboxylic acids is 1. The van der Waals surface area contributed by atoms with E-state index in [1.54, 1.807) is 45.2 Å². The number of halogens is 1. The quantitative estimate of drug-likeness (QED) is 0.804. The first kappa shape index (κ1) is 20.1. The standard InChI is InChI=1S/C19H23FN2O3S/c1-13-10-16(11-18(14(13)2)26(24,25)21(3)4)19(23)22(5)12-15-8-6-7-9-17(15)20/h6-11H,12H2,1-5H3. The third-order valence-corrected chi connectivity index (χ3v) is 6.28. The molecule has 7 heteroatoms. The molecule has 0 saturated heterocycles. The highest BCUT2D eigenvalue weighted by atomic mass is 32.2. The Hall–Kier alpha value is -2.25. The maximum Gasteiger partial charge on any atom is 0.253 e. The fourth-order valence-corrected chi connectivity index (χ4v) is 3.81. The van der Waals surface area contributed by atoms with Gasteiger partial charge in [-0.15, -0.1) is 0 Å². The molecule has 0 fully saturated rings. The number of hydrogen-bond acceptors (Lipinski definition) is 3. The monoisotopic (exact) mass is 378 g/mol. The molecule has 0 aliphatic rings. The van der Waals surface area contributed by atoms with Crippen molar-refractivity contribution in [1.82, 2.24) is 9.21 Å². The van der Waals surface area contributed by atoms with Gasteiger partial charge >= 0.3 is 0 Å². The van der Waals surface area contributed by atoms with Gasteiger partial charge in [0.25, 0.3) is 5.91 Å². The van der Waals surface area contributed by atoms with E-state index in [1.165, 1.54) is 31.1 Å². The largest absolute Gasteiger partial charge is 0.337 e. The van der Waals surface area contributed by atoms with Crippen LogP contribution in [-0.4, -0.2) is 44.7 Å². The van der Waals surface area contributed by atoms with Gasteiger partial charge in [-0.05, 0) is 43.2 Å². The van der Waals surface area contributed by atoms with E-state index >= 15 is 0 Å². The van der Waals surface area contributed by atoms with Crippen LogP contribution in [0.1, 0.15) is 27.0 Å². The molecule has 2 rings (SSSR count). The van der Waals surface area contributed by atoms with E-state index in [2.05, 4.69) is 0 Å². The normalized spacial score (nSPS) is 11.7. The number of aryl methyl sites for hydroxylation is 1. The zero-order valence-electron chi connectivity index (χ0n) is 15.6. The molecule has 26 heavy (non-hydrogen) atoms. The van der Waals surface area contributed by atoms with Gasteiger partial charge in [-0.1, -0.05) is 18.2 Å². The Labute approximate surface area is 154 Å². The van der Waals surface area contributed by atoms with Gasteiger partial charge < -0.3 is 4.90 Å². The first-order chi connectivity index (χ1) is 12.1. The lowest BCUT2D eigenvalue weighted by Crippen LogP contribution is -2.28. The number of amides is 1. The summed E-state index contributed by atoms with van der Waals surface area (Å²) in [4.78, 5) is 14.2. The molecule has 2 aromatic carbocycles. The minimum atomic E-state index is -3.67. The van der Waals surface area contributed by atoms with Gasteiger partial charge in [0.05, 0.1) is 4.90 Å². The summed E-state index contributed by atoms with van der Waals surface area (Å²) < 4.78 is 40.0. The molecule has 5 nitrogen and oxygen atoms in total. The number of nitrogens with zero attached hydrogens (tertiary/aromatic N) is 2. The Morgan fingerprint density at radius 1 is 1.08 bits per heavy atom. The van der Waals surface area contributed by atoms with Gasteiger partial charge in [0.2, 0.25) is 10.0 Å². The Morgan fingerprint density at radius 2 is 1.69 bits per heavy atom. The van der Waals surface area contributed by atoms with Crippen molar-refractivity contribution in [3.05, 3.63) is 64.5 Å². The lowest BCUT2D eigenvalue weighted by molar-refractivity contribution is 0.0783. The topological polar surface area (TPSA) is 57.7 Å². The predicted octanol–water partition coefficient (Wildman–Crippen LogP) is 2.97. The second kappa shape index (κ2) is 7.55. The molecule has 0 radical (unpaired) electrons. The number of benzene rings is 2. The van der Waals surface area contributed by atoms with Gasteiger partial charge in [0.15, 0.2) is 0 Å². The molecule has 0 aromatic heterocycles. The average Bonchev–Trinajstić information content (AvgIpc) is 2.58. The van der Waals surface area contributed by atoms with Crippen molar-refractivity contribution >= 4 is 15.9 Å². The number of sulfonamides is 1. The van der Waals surface area contributed by atoms with Gasteiger partial charge in [0, 0.05) is 38.8 Å². The zero-order chi connectivity index (χ0) is 19.6. The van der Waals surface area contributed by atoms with Crippen molar-refractivity contribution in [3.63, 3.8) is 0 Å². The van der Waals surface area contributed by atoms with Gasteiger partial charge in [-0.25, -0.2) is 17.1 Å². The zero-order valence-corrected chi connectivity index (χ0v) is 16.4. The minimum absolute atomic E-state index is 0.0915. The number of rotatable bonds is 5. The average molecular weight is 378 g/mol. The van der Waals surface area contributed by atoms with Crippen LogP contribution >= 0.6 is 0 Å². The van der Waals surface area contributed by atoms with Gasteiger partial charge in [-0.3, -0.25) is 4.79 Å². The molecule has 1 amide bonds. The highest BCUT2D eigenvalue weighted by molar-refractivity contribution is 7.89. The molecular weight excluding hydrogens is 355 g/mol. The van der Waals surface area contributed by atoms with Gasteiger partial charge in [0.1, 0.15) is 5.82 Å². The lowest BCUT2D eigenvalue weighted by atomic mass is 10.1. The maximum atomic E-state index is 13.8. The number of hydrogen-bond donors (Lipinski definition) is 0. The van der Waals surface area contributed by atoms with Crippen molar-refractivity contribution in [2.45, 2.75) is 25.3 Å². The fraction of sp³-hybridized carbons (Fsp3) is 0.316. The Morgan fingerprint density at radius 3 is 2.27 bits per heavy atom. The molecular formula is C19H23FN2O3S. The van der Waals surface area contributed by atoms with Crippen LogP contribution < -0.4 is 0 Å². The van der Waals surface area contributed by atoms with Crippen LogP contribution in [0.4, 0.5) is 4.39 Å². The molecule has 140 valence electrons. The molecule has 0 saturated carbocycles. The summed E-state index contributed by atoms with van der Waals surface area (Å²) >= 11 is 0. The maximum absolute atomic E-state index is 13.8. The summed E-state index contributed by atoms with van der Waals surface area (Å²) in [5.74, 6) is -0.755. The van der Waals surface area contributed by atoms with E-state index in [0.717, 1.165) is 4.31 Å². The highest BCUT2D eigenvalue weighted by Gasteiger charge is 2.24. The molecule has 2 aromatic rings. The minimum Gasteiger partial charge on any atom is -0.337 e. The smallest absolute Gasteiger partial charge is 0.253 e. The van der Waals surface area contributed by atoms with Crippen LogP contribution in [0.2, 0.25) is 0 Å². The molecule has 0 spiro atoms. The second-order valence-corrected chi connectivity index (χ2v) is 8.58. The van der Waals surface area contributed by atoms with E-state index < -0.39 is 10.0 Å². The molecule has 0 bridgehead atoms. The van der Waals surface area contributed by atoms with Gasteiger partial charge in [-0.2, -0.15) is 0 Å². The van der Waals surface area contributed by atoms with Crippen molar-refractivity contribution in [2.24, 2.45) is 0 Å². The van der Waals surface area contributed by atoms with Crippen LogP contribution in [0, 0.1) is 19.7 Å². The molecule has 0 aliphatic heterocycles. The summed E-state index contributed by atoms with van der Waals surface area (Å²) in [6.45, 7) is 3.56. The van der Waals surface area contributed by atoms with E-state index in [-0.39, 0.29) is 28.7 Å². The van der Waals surface area contributed by atoms with Crippen molar-refractivity contribution in [1.29, 1.82) is 0 Å². The van der Waals surface area contributed by atoms with Crippen molar-refractivity contribution in [2.75, 3.05) is 21.1 Å². The predicted molar refractivity (Wildman–Crippen MR) is 99.0 cm³/mol. The first-order valence-electron chi connectivity index (χ1n) is 8.08. The lowest BCUT2D eigenvalue weighted by Gasteiger charge is -2.20. The van der Waals surface area contributed by atoms with E-state index in [4.69, 9.17) is 0 Å². The molecule has 0 N–H and O–H groups in total. The summed E-state index contributed by atoms with van der Waals surface area (Å²) in [7, 11) is 0.779. The van der Waals surface area contributed by atoms with Crippen LogP contribution in [0.25, 0.3) is 0 Å². The summed E-state index contributed by atoms with van der Waals surface area (Å²) in [6.07, 6.45) is 0. The number of carbonyl (C=O) groups is 1. The van der Waals surface area contributed by atoms with E-state index in [0.29, 0.717) is 16.7 Å². The van der Waals surface area contributed by atoms with Crippen LogP contribution in [0.15, 0.2) is 41.3 Å². The molecule has 0 aliphatic carbocycles. The van der Waals surface area contributed by atoms with Crippen molar-refractivity contribution in [3.8, 4) is 0 Å².